The average molecular weight is 1050 g/mol. The first kappa shape index (κ1) is 53.1. The number of pyridine rings is 4. The minimum Gasteiger partial charge on any atom is -0.256 e. The van der Waals surface area contributed by atoms with Gasteiger partial charge in [0.15, 0.2) is 0 Å². The van der Waals surface area contributed by atoms with E-state index in [1.54, 1.807) is 18.2 Å². The molecule has 77 heavy (non-hydrogen) atoms. The van der Waals surface area contributed by atoms with Gasteiger partial charge in [0, 0.05) is 102 Å². The molecule has 0 aliphatic carbocycles. The van der Waals surface area contributed by atoms with Crippen molar-refractivity contribution >= 4 is 15.9 Å². The Morgan fingerprint density at radius 1 is 0.273 bits per heavy atom. The predicted octanol–water partition coefficient (Wildman–Crippen LogP) is 15.4. The van der Waals surface area contributed by atoms with Crippen molar-refractivity contribution in [3.05, 3.63) is 284 Å². The average Bonchev–Trinajstić information content (AvgIpc) is 3.47. The third-order valence-electron chi connectivity index (χ3n) is 11.7. The highest BCUT2D eigenvalue weighted by Crippen LogP contribution is 2.22. The molecule has 0 unspecified atom stereocenters. The minimum absolute atomic E-state index is 0.721. The van der Waals surface area contributed by atoms with E-state index >= 15 is 0 Å². The minimum atomic E-state index is 0.721. The fourth-order valence-electron chi connectivity index (χ4n) is 7.50. The maximum atomic E-state index is 5.21. The van der Waals surface area contributed by atoms with Crippen molar-refractivity contribution in [2.75, 3.05) is 0 Å². The zero-order valence-electron chi connectivity index (χ0n) is 43.0. The molecule has 0 fully saturated rings. The monoisotopic (exact) mass is 1050 g/mol. The van der Waals surface area contributed by atoms with Crippen LogP contribution in [0, 0.1) is 100 Å². The molecule has 364 valence electrons. The van der Waals surface area contributed by atoms with Gasteiger partial charge in [0.2, 0.25) is 0 Å². The summed E-state index contributed by atoms with van der Waals surface area (Å²) in [5, 5.41) is 0. The van der Waals surface area contributed by atoms with Gasteiger partial charge in [-0.2, -0.15) is 0 Å². The van der Waals surface area contributed by atoms with Crippen LogP contribution in [0.2, 0.25) is 0 Å². The predicted molar refractivity (Wildman–Crippen MR) is 320 cm³/mol. The molecule has 0 aliphatic rings. The molecule has 0 atom stereocenters. The SMILES string of the molecule is C#Cc1cc(C#C)cc(C#C)c1.Cc1ccc(-c2ccc(Br)cc2)nc1.Cc1ccc(-c2ccc(C#Cc3cc(C#Cc4ccc(-c5ccc(C)cn5)cc4)cc(C#Cc4ccc(-c5ccc(C)cn5)cc4)c3)cc2)nc1. The lowest BCUT2D eigenvalue weighted by Gasteiger charge is -2.02. The third kappa shape index (κ3) is 15.6. The number of benzene rings is 6. The fourth-order valence-corrected chi connectivity index (χ4v) is 7.77. The van der Waals surface area contributed by atoms with Gasteiger partial charge in [0.1, 0.15) is 0 Å². The molecule has 0 saturated heterocycles. The van der Waals surface area contributed by atoms with Crippen molar-refractivity contribution in [3.63, 3.8) is 0 Å². The summed E-state index contributed by atoms with van der Waals surface area (Å²) in [6.07, 6.45) is 23.2. The quantitative estimate of drug-likeness (QED) is 0.165. The van der Waals surface area contributed by atoms with Crippen LogP contribution in [0.4, 0.5) is 0 Å². The first-order valence-corrected chi connectivity index (χ1v) is 25.3. The number of hydrogen-bond acceptors (Lipinski definition) is 4. The molecule has 0 saturated carbocycles. The summed E-state index contributed by atoms with van der Waals surface area (Å²) in [7, 11) is 0. The molecular weight excluding hydrogens is 1000 g/mol. The summed E-state index contributed by atoms with van der Waals surface area (Å²) in [5.74, 6) is 27.5. The van der Waals surface area contributed by atoms with E-state index in [1.165, 1.54) is 5.56 Å². The number of rotatable bonds is 4. The smallest absolute Gasteiger partial charge is 0.0702 e. The molecule has 0 bridgehead atoms. The van der Waals surface area contributed by atoms with Crippen LogP contribution in [0.1, 0.15) is 72.3 Å². The number of halogens is 1. The number of terminal acetylenes is 3. The Kier molecular flexibility index (Phi) is 18.0. The summed E-state index contributed by atoms with van der Waals surface area (Å²) in [4.78, 5) is 18.0. The Labute approximate surface area is 462 Å². The van der Waals surface area contributed by atoms with Gasteiger partial charge in [-0.05, 0) is 159 Å². The Bertz CT molecular complexity index is 3570. The van der Waals surface area contributed by atoms with Crippen molar-refractivity contribution in [1.29, 1.82) is 0 Å². The van der Waals surface area contributed by atoms with E-state index in [-0.39, 0.29) is 0 Å². The van der Waals surface area contributed by atoms with Crippen LogP contribution < -0.4 is 0 Å². The molecule has 6 aromatic carbocycles. The zero-order chi connectivity index (χ0) is 53.9. The molecule has 0 aliphatic heterocycles. The lowest BCUT2D eigenvalue weighted by Crippen LogP contribution is -1.87. The van der Waals surface area contributed by atoms with Crippen molar-refractivity contribution < 1.29 is 0 Å². The second kappa shape index (κ2) is 26.1. The van der Waals surface area contributed by atoms with Crippen LogP contribution in [-0.4, -0.2) is 19.9 Å². The van der Waals surface area contributed by atoms with E-state index < -0.39 is 0 Å². The molecule has 5 heteroatoms. The zero-order valence-corrected chi connectivity index (χ0v) is 44.6. The van der Waals surface area contributed by atoms with E-state index in [2.05, 4.69) is 162 Å². The Morgan fingerprint density at radius 3 is 0.714 bits per heavy atom. The normalized spacial score (nSPS) is 9.79. The van der Waals surface area contributed by atoms with E-state index in [4.69, 9.17) is 19.3 Å². The van der Waals surface area contributed by atoms with Gasteiger partial charge in [-0.15, -0.1) is 19.3 Å². The van der Waals surface area contributed by atoms with E-state index in [1.807, 2.05) is 143 Å². The highest BCUT2D eigenvalue weighted by molar-refractivity contribution is 9.10. The molecule has 4 heterocycles. The summed E-state index contributed by atoms with van der Waals surface area (Å²) < 4.78 is 1.09. The second-order valence-corrected chi connectivity index (χ2v) is 18.8. The van der Waals surface area contributed by atoms with Crippen molar-refractivity contribution in [3.8, 4) is 118 Å². The lowest BCUT2D eigenvalue weighted by molar-refractivity contribution is 1.27. The summed E-state index contributed by atoms with van der Waals surface area (Å²) in [6, 6.07) is 60.4. The Morgan fingerprint density at radius 2 is 0.494 bits per heavy atom. The molecule has 4 nitrogen and oxygen atoms in total. The first-order valence-electron chi connectivity index (χ1n) is 24.5. The largest absolute Gasteiger partial charge is 0.256 e. The first-order chi connectivity index (χ1) is 37.5. The van der Waals surface area contributed by atoms with Crippen LogP contribution in [-0.2, 0) is 0 Å². The van der Waals surface area contributed by atoms with Crippen LogP contribution in [0.5, 0.6) is 0 Å². The van der Waals surface area contributed by atoms with E-state index in [9.17, 15) is 0 Å². The topological polar surface area (TPSA) is 51.6 Å². The molecule has 4 aromatic heterocycles. The highest BCUT2D eigenvalue weighted by atomic mass is 79.9. The van der Waals surface area contributed by atoms with Crippen molar-refractivity contribution in [1.82, 2.24) is 19.9 Å². The third-order valence-corrected chi connectivity index (χ3v) is 12.3. The number of aryl methyl sites for hydroxylation is 4. The lowest BCUT2D eigenvalue weighted by atomic mass is 10.0. The van der Waals surface area contributed by atoms with Gasteiger partial charge in [-0.1, -0.05) is 142 Å². The molecule has 0 N–H and O–H groups in total. The maximum absolute atomic E-state index is 5.21. The molecule has 0 amide bonds. The second-order valence-electron chi connectivity index (χ2n) is 17.9. The van der Waals surface area contributed by atoms with Gasteiger partial charge in [0.25, 0.3) is 0 Å². The van der Waals surface area contributed by atoms with Crippen molar-refractivity contribution in [2.24, 2.45) is 0 Å². The maximum Gasteiger partial charge on any atom is 0.0702 e. The summed E-state index contributed by atoms with van der Waals surface area (Å²) in [6.45, 7) is 8.15. The van der Waals surface area contributed by atoms with Gasteiger partial charge in [0.05, 0.1) is 22.8 Å². The van der Waals surface area contributed by atoms with Gasteiger partial charge in [-0.25, -0.2) is 0 Å². The Balaban J connectivity index is 0.000000244. The van der Waals surface area contributed by atoms with Gasteiger partial charge >= 0.3 is 0 Å². The fraction of sp³-hybridized carbons (Fsp3) is 0.0556. The standard InChI is InChI=1S/C48H33N3.C12H10BrN.C12H6/c1-34-4-25-46(49-31-34)43-19-13-37(14-20-43)7-10-40-28-41(11-8-38-15-21-44(22-16-38)47-26-5-35(2)32-50-47)30-42(29-40)12-9-39-17-23-45(24-18-39)48-27-6-36(3)33-51-48;1-9-2-7-12(14-8-9)10-3-5-11(13)6-4-10;1-4-10-7-11(5-2)9-12(6-3)8-10/h4-6,13-33H,1-3H3;2-8H,1H3;1-3,7-9H. The molecular formula is C72H49BrN4. The van der Waals surface area contributed by atoms with E-state index in [0.29, 0.717) is 0 Å². The number of aromatic nitrogens is 4. The Hall–Kier alpha value is -10.2. The molecule has 0 spiro atoms. The number of nitrogens with zero attached hydrogens (tertiary/aromatic N) is 4. The van der Waals surface area contributed by atoms with Crippen LogP contribution in [0.15, 0.2) is 211 Å². The van der Waals surface area contributed by atoms with Crippen molar-refractivity contribution in [2.45, 2.75) is 27.7 Å². The highest BCUT2D eigenvalue weighted by Gasteiger charge is 2.04. The molecule has 10 aromatic rings. The van der Waals surface area contributed by atoms with Crippen LogP contribution in [0.25, 0.3) is 45.0 Å². The summed E-state index contributed by atoms with van der Waals surface area (Å²) >= 11 is 3.41. The summed E-state index contributed by atoms with van der Waals surface area (Å²) in [5.41, 5.74) is 20.2. The van der Waals surface area contributed by atoms with E-state index in [0.717, 1.165) is 116 Å². The van der Waals surface area contributed by atoms with Crippen LogP contribution in [0.3, 0.4) is 0 Å². The molecule has 0 radical (unpaired) electrons. The van der Waals surface area contributed by atoms with Gasteiger partial charge < -0.3 is 0 Å². The number of hydrogen-bond donors (Lipinski definition) is 0. The molecule has 10 rings (SSSR count). The van der Waals surface area contributed by atoms with Gasteiger partial charge in [-0.3, -0.25) is 19.9 Å². The van der Waals surface area contributed by atoms with Crippen LogP contribution >= 0.6 is 15.9 Å².